The maximum atomic E-state index is 3.37. The van der Waals surface area contributed by atoms with Gasteiger partial charge in [-0.15, -0.1) is 0 Å². The van der Waals surface area contributed by atoms with Gasteiger partial charge in [0.2, 0.25) is 0 Å². The second kappa shape index (κ2) is 8.22. The van der Waals surface area contributed by atoms with Gasteiger partial charge in [0.25, 0.3) is 0 Å². The van der Waals surface area contributed by atoms with Crippen molar-refractivity contribution in [1.82, 2.24) is 10.2 Å². The van der Waals surface area contributed by atoms with Gasteiger partial charge in [-0.05, 0) is 86.1 Å². The van der Waals surface area contributed by atoms with E-state index >= 15 is 0 Å². The lowest BCUT2D eigenvalue weighted by Crippen LogP contribution is -2.44. The third kappa shape index (κ3) is 5.04. The summed E-state index contributed by atoms with van der Waals surface area (Å²) in [5.74, 6) is 0. The zero-order chi connectivity index (χ0) is 13.5. The molecule has 1 aromatic rings. The van der Waals surface area contributed by atoms with Gasteiger partial charge in [-0.1, -0.05) is 18.6 Å². The first-order valence-corrected chi connectivity index (χ1v) is 8.50. The molecule has 0 amide bonds. The molecule has 2 nitrogen and oxygen atoms in total. The average Bonchev–Trinajstić information content (AvgIpc) is 2.46. The molecule has 2 rings (SSSR count). The number of rotatable bonds is 6. The topological polar surface area (TPSA) is 15.3 Å². The number of aryl methyl sites for hydroxylation is 1. The standard InChI is InChI=1S/C16H25IN2/c1-18-13-16(19-11-3-2-4-12-19)10-7-14-5-8-15(17)9-6-14/h5-6,8-9,16,18H,2-4,7,10-13H2,1H3. The number of nitrogens with one attached hydrogen (secondary N) is 1. The number of piperidine rings is 1. The first-order chi connectivity index (χ1) is 9.29. The molecule has 19 heavy (non-hydrogen) atoms. The second-order valence-electron chi connectivity index (χ2n) is 5.47. The van der Waals surface area contributed by atoms with E-state index in [2.05, 4.69) is 64.1 Å². The molecule has 0 radical (unpaired) electrons. The third-order valence-electron chi connectivity index (χ3n) is 4.03. The van der Waals surface area contributed by atoms with E-state index < -0.39 is 0 Å². The normalized spacial score (nSPS) is 18.4. The number of likely N-dealkylation sites (tertiary alicyclic amines) is 1. The molecule has 0 aromatic heterocycles. The van der Waals surface area contributed by atoms with Gasteiger partial charge in [-0.2, -0.15) is 0 Å². The molecular weight excluding hydrogens is 347 g/mol. The van der Waals surface area contributed by atoms with Gasteiger partial charge in [0, 0.05) is 16.2 Å². The molecule has 0 aliphatic carbocycles. The van der Waals surface area contributed by atoms with Gasteiger partial charge in [0.05, 0.1) is 0 Å². The fraction of sp³-hybridized carbons (Fsp3) is 0.625. The summed E-state index contributed by atoms with van der Waals surface area (Å²) in [6.45, 7) is 3.70. The number of hydrogen-bond acceptors (Lipinski definition) is 2. The molecule has 1 N–H and O–H groups in total. The van der Waals surface area contributed by atoms with Crippen LogP contribution in [0.15, 0.2) is 24.3 Å². The monoisotopic (exact) mass is 372 g/mol. The Morgan fingerprint density at radius 2 is 1.84 bits per heavy atom. The molecule has 0 spiro atoms. The van der Waals surface area contributed by atoms with E-state index in [9.17, 15) is 0 Å². The minimum atomic E-state index is 0.699. The van der Waals surface area contributed by atoms with Gasteiger partial charge in [0.1, 0.15) is 0 Å². The number of benzene rings is 1. The highest BCUT2D eigenvalue weighted by Gasteiger charge is 2.19. The fourth-order valence-electron chi connectivity index (χ4n) is 2.92. The Kier molecular flexibility index (Phi) is 6.61. The van der Waals surface area contributed by atoms with Crippen LogP contribution in [0, 0.1) is 3.57 Å². The fourth-order valence-corrected chi connectivity index (χ4v) is 3.28. The Morgan fingerprint density at radius 3 is 2.47 bits per heavy atom. The van der Waals surface area contributed by atoms with Crippen molar-refractivity contribution in [1.29, 1.82) is 0 Å². The van der Waals surface area contributed by atoms with E-state index in [0.29, 0.717) is 6.04 Å². The van der Waals surface area contributed by atoms with Crippen molar-refractivity contribution in [3.8, 4) is 0 Å². The highest BCUT2D eigenvalue weighted by Crippen LogP contribution is 2.16. The number of nitrogens with zero attached hydrogens (tertiary/aromatic N) is 1. The van der Waals surface area contributed by atoms with Crippen LogP contribution < -0.4 is 5.32 Å². The summed E-state index contributed by atoms with van der Waals surface area (Å²) < 4.78 is 1.32. The Bertz CT molecular complexity index is 358. The van der Waals surface area contributed by atoms with Crippen molar-refractivity contribution < 1.29 is 0 Å². The SMILES string of the molecule is CNCC(CCc1ccc(I)cc1)N1CCCCC1. The molecule has 1 aliphatic rings. The number of hydrogen-bond donors (Lipinski definition) is 1. The smallest absolute Gasteiger partial charge is 0.0223 e. The van der Waals surface area contributed by atoms with Crippen LogP contribution in [0.4, 0.5) is 0 Å². The zero-order valence-electron chi connectivity index (χ0n) is 11.9. The lowest BCUT2D eigenvalue weighted by molar-refractivity contribution is 0.154. The molecule has 1 aromatic carbocycles. The van der Waals surface area contributed by atoms with Crippen molar-refractivity contribution in [2.75, 3.05) is 26.7 Å². The summed E-state index contributed by atoms with van der Waals surface area (Å²) in [5.41, 5.74) is 1.47. The Balaban J connectivity index is 1.87. The lowest BCUT2D eigenvalue weighted by atomic mass is 10.0. The second-order valence-corrected chi connectivity index (χ2v) is 6.72. The Labute approximate surface area is 131 Å². The molecular formula is C16H25IN2. The molecule has 1 saturated heterocycles. The van der Waals surface area contributed by atoms with Crippen molar-refractivity contribution in [2.45, 2.75) is 38.1 Å². The van der Waals surface area contributed by atoms with Crippen molar-refractivity contribution in [3.05, 3.63) is 33.4 Å². The summed E-state index contributed by atoms with van der Waals surface area (Å²) in [5, 5.41) is 3.37. The molecule has 106 valence electrons. The summed E-state index contributed by atoms with van der Waals surface area (Å²) in [6, 6.07) is 9.67. The van der Waals surface area contributed by atoms with Crippen LogP contribution in [-0.2, 0) is 6.42 Å². The van der Waals surface area contributed by atoms with Gasteiger partial charge >= 0.3 is 0 Å². The molecule has 1 atom stereocenters. The molecule has 1 unspecified atom stereocenters. The predicted octanol–water partition coefficient (Wildman–Crippen LogP) is 3.30. The van der Waals surface area contributed by atoms with E-state index in [0.717, 1.165) is 6.54 Å². The third-order valence-corrected chi connectivity index (χ3v) is 4.75. The lowest BCUT2D eigenvalue weighted by Gasteiger charge is -2.34. The molecule has 1 aliphatic heterocycles. The highest BCUT2D eigenvalue weighted by molar-refractivity contribution is 14.1. The quantitative estimate of drug-likeness (QED) is 0.771. The van der Waals surface area contributed by atoms with Crippen molar-refractivity contribution in [2.24, 2.45) is 0 Å². The first-order valence-electron chi connectivity index (χ1n) is 7.42. The molecule has 3 heteroatoms. The summed E-state index contributed by atoms with van der Waals surface area (Å²) in [4.78, 5) is 2.69. The highest BCUT2D eigenvalue weighted by atomic mass is 127. The molecule has 0 bridgehead atoms. The molecule has 1 fully saturated rings. The van der Waals surface area contributed by atoms with Gasteiger partial charge in [-0.25, -0.2) is 0 Å². The van der Waals surface area contributed by atoms with Crippen molar-refractivity contribution >= 4 is 22.6 Å². The van der Waals surface area contributed by atoms with E-state index in [1.54, 1.807) is 0 Å². The van der Waals surface area contributed by atoms with Crippen LogP contribution in [-0.4, -0.2) is 37.6 Å². The van der Waals surface area contributed by atoms with E-state index in [1.165, 1.54) is 54.3 Å². The maximum absolute atomic E-state index is 3.37. The number of halogens is 1. The van der Waals surface area contributed by atoms with Gasteiger partial charge in [-0.3, -0.25) is 4.90 Å². The van der Waals surface area contributed by atoms with Crippen LogP contribution in [0.1, 0.15) is 31.2 Å². The Hall–Kier alpha value is -0.130. The molecule has 0 saturated carbocycles. The zero-order valence-corrected chi connectivity index (χ0v) is 14.0. The summed E-state index contributed by atoms with van der Waals surface area (Å²) >= 11 is 2.37. The van der Waals surface area contributed by atoms with Crippen LogP contribution in [0.25, 0.3) is 0 Å². The van der Waals surface area contributed by atoms with E-state index in [-0.39, 0.29) is 0 Å². The average molecular weight is 372 g/mol. The van der Waals surface area contributed by atoms with Gasteiger partial charge in [0.15, 0.2) is 0 Å². The van der Waals surface area contributed by atoms with Crippen LogP contribution >= 0.6 is 22.6 Å². The van der Waals surface area contributed by atoms with E-state index in [1.807, 2.05) is 0 Å². The maximum Gasteiger partial charge on any atom is 0.0223 e. The van der Waals surface area contributed by atoms with Crippen LogP contribution in [0.2, 0.25) is 0 Å². The van der Waals surface area contributed by atoms with Gasteiger partial charge < -0.3 is 5.32 Å². The summed E-state index contributed by atoms with van der Waals surface area (Å²) in [6.07, 6.45) is 6.63. The minimum Gasteiger partial charge on any atom is -0.318 e. The van der Waals surface area contributed by atoms with Crippen LogP contribution in [0.3, 0.4) is 0 Å². The van der Waals surface area contributed by atoms with Crippen molar-refractivity contribution in [3.63, 3.8) is 0 Å². The Morgan fingerprint density at radius 1 is 1.16 bits per heavy atom. The van der Waals surface area contributed by atoms with Crippen LogP contribution in [0.5, 0.6) is 0 Å². The number of likely N-dealkylation sites (N-methyl/N-ethyl adjacent to an activating group) is 1. The largest absolute Gasteiger partial charge is 0.318 e. The first kappa shape index (κ1) is 15.3. The summed E-state index contributed by atoms with van der Waals surface area (Å²) in [7, 11) is 2.07. The molecule has 1 heterocycles. The van der Waals surface area contributed by atoms with E-state index in [4.69, 9.17) is 0 Å². The predicted molar refractivity (Wildman–Crippen MR) is 90.6 cm³/mol. The minimum absolute atomic E-state index is 0.699.